The maximum Gasteiger partial charge on any atom is 0.274 e. The van der Waals surface area contributed by atoms with E-state index in [9.17, 15) is 16.8 Å². The van der Waals surface area contributed by atoms with Crippen LogP contribution in [-0.2, 0) is 26.6 Å². The highest BCUT2D eigenvalue weighted by Crippen LogP contribution is 2.20. The number of sulfonamides is 2. The minimum absolute atomic E-state index is 0.0190. The first kappa shape index (κ1) is 16.4. The van der Waals surface area contributed by atoms with Crippen LogP contribution < -0.4 is 14.8 Å². The zero-order valence-electron chi connectivity index (χ0n) is 11.6. The summed E-state index contributed by atoms with van der Waals surface area (Å²) in [5.41, 5.74) is 0. The van der Waals surface area contributed by atoms with Crippen LogP contribution in [0.3, 0.4) is 0 Å². The normalized spacial score (nSPS) is 16.2. The van der Waals surface area contributed by atoms with Gasteiger partial charge < -0.3 is 9.73 Å². The van der Waals surface area contributed by atoms with Crippen molar-refractivity contribution in [3.8, 4) is 0 Å². The third kappa shape index (κ3) is 5.75. The molecule has 0 aromatic carbocycles. The van der Waals surface area contributed by atoms with Crippen molar-refractivity contribution in [3.63, 3.8) is 0 Å². The lowest BCUT2D eigenvalue weighted by Gasteiger charge is -2.05. The van der Waals surface area contributed by atoms with Gasteiger partial charge in [-0.2, -0.15) is 0 Å². The quantitative estimate of drug-likeness (QED) is 0.516. The molecule has 3 N–H and O–H groups in total. The summed E-state index contributed by atoms with van der Waals surface area (Å²) in [6.07, 6.45) is 3.29. The topological polar surface area (TPSA) is 118 Å². The van der Waals surface area contributed by atoms with Crippen molar-refractivity contribution >= 4 is 20.0 Å². The van der Waals surface area contributed by atoms with Crippen LogP contribution in [0.5, 0.6) is 0 Å². The minimum Gasteiger partial charge on any atom is -0.447 e. The Kier molecular flexibility index (Phi) is 5.04. The van der Waals surface area contributed by atoms with Gasteiger partial charge in [0.1, 0.15) is 5.76 Å². The molecule has 0 atom stereocenters. The van der Waals surface area contributed by atoms with Crippen molar-refractivity contribution in [3.05, 3.63) is 17.9 Å². The fraction of sp³-hybridized carbons (Fsp3) is 0.636. The van der Waals surface area contributed by atoms with Gasteiger partial charge in [-0.15, -0.1) is 0 Å². The van der Waals surface area contributed by atoms with Gasteiger partial charge in [0.05, 0.1) is 12.8 Å². The van der Waals surface area contributed by atoms with Gasteiger partial charge in [-0.3, -0.25) is 0 Å². The fourth-order valence-corrected chi connectivity index (χ4v) is 3.07. The SMILES string of the molecule is CS(=O)(=O)NCCNS(=O)(=O)c1ccc(CNC2CC2)o1. The second kappa shape index (κ2) is 6.44. The standard InChI is InChI=1S/C11H19N3O5S2/c1-20(15,16)13-6-7-14-21(17,18)11-5-4-10(19-11)8-12-9-2-3-9/h4-5,9,12-14H,2-3,6-8H2,1H3. The molecule has 21 heavy (non-hydrogen) atoms. The number of nitrogens with one attached hydrogen (secondary N) is 3. The highest BCUT2D eigenvalue weighted by atomic mass is 32.2. The molecule has 1 aromatic rings. The Hall–Kier alpha value is -0.940. The maximum atomic E-state index is 11.9. The number of furan rings is 1. The lowest BCUT2D eigenvalue weighted by atomic mass is 10.4. The van der Waals surface area contributed by atoms with Crippen LogP contribution in [0.1, 0.15) is 18.6 Å². The molecule has 0 radical (unpaired) electrons. The maximum absolute atomic E-state index is 11.9. The summed E-state index contributed by atoms with van der Waals surface area (Å²) >= 11 is 0. The summed E-state index contributed by atoms with van der Waals surface area (Å²) in [6, 6.07) is 3.50. The smallest absolute Gasteiger partial charge is 0.274 e. The molecule has 120 valence electrons. The van der Waals surface area contributed by atoms with Gasteiger partial charge in [-0.1, -0.05) is 0 Å². The summed E-state index contributed by atoms with van der Waals surface area (Å²) in [4.78, 5) is 0. The highest BCUT2D eigenvalue weighted by molar-refractivity contribution is 7.89. The predicted molar refractivity (Wildman–Crippen MR) is 76.6 cm³/mol. The van der Waals surface area contributed by atoms with E-state index < -0.39 is 20.0 Å². The second-order valence-electron chi connectivity index (χ2n) is 4.94. The average Bonchev–Trinajstić information content (AvgIpc) is 3.07. The van der Waals surface area contributed by atoms with E-state index in [1.165, 1.54) is 6.07 Å². The van der Waals surface area contributed by atoms with Gasteiger partial charge in [0, 0.05) is 19.1 Å². The molecule has 1 saturated carbocycles. The molecule has 1 aliphatic carbocycles. The summed E-state index contributed by atoms with van der Waals surface area (Å²) in [6.45, 7) is 0.427. The summed E-state index contributed by atoms with van der Waals surface area (Å²) in [5, 5.41) is 3.05. The molecule has 0 unspecified atom stereocenters. The molecule has 0 bridgehead atoms. The molecule has 0 aliphatic heterocycles. The first-order valence-electron chi connectivity index (χ1n) is 6.53. The zero-order chi connectivity index (χ0) is 15.5. The van der Waals surface area contributed by atoms with Gasteiger partial charge >= 0.3 is 0 Å². The van der Waals surface area contributed by atoms with Crippen LogP contribution >= 0.6 is 0 Å². The molecule has 1 aliphatic rings. The minimum atomic E-state index is -3.76. The molecule has 8 nitrogen and oxygen atoms in total. The molecule has 10 heteroatoms. The van der Waals surface area contributed by atoms with E-state index >= 15 is 0 Å². The predicted octanol–water partition coefficient (Wildman–Crippen LogP) is -0.641. The number of rotatable bonds is 9. The summed E-state index contributed by atoms with van der Waals surface area (Å²) in [5.74, 6) is 0.552. The largest absolute Gasteiger partial charge is 0.447 e. The first-order chi connectivity index (χ1) is 9.76. The Morgan fingerprint density at radius 3 is 2.43 bits per heavy atom. The molecule has 1 heterocycles. The van der Waals surface area contributed by atoms with Gasteiger partial charge in [0.15, 0.2) is 0 Å². The van der Waals surface area contributed by atoms with Crippen LogP contribution in [0.15, 0.2) is 21.6 Å². The van der Waals surface area contributed by atoms with Crippen molar-refractivity contribution in [1.82, 2.24) is 14.8 Å². The second-order valence-corrected chi connectivity index (χ2v) is 8.47. The Bertz CT molecular complexity index is 676. The molecule has 0 saturated heterocycles. The number of hydrogen-bond donors (Lipinski definition) is 3. The van der Waals surface area contributed by atoms with Crippen LogP contribution in [0.25, 0.3) is 0 Å². The molecule has 1 aromatic heterocycles. The van der Waals surface area contributed by atoms with Gasteiger partial charge in [-0.05, 0) is 25.0 Å². The lowest BCUT2D eigenvalue weighted by Crippen LogP contribution is -2.34. The fourth-order valence-electron chi connectivity index (χ4n) is 1.62. The van der Waals surface area contributed by atoms with E-state index in [1.54, 1.807) is 6.07 Å². The van der Waals surface area contributed by atoms with Crippen LogP contribution in [0.2, 0.25) is 0 Å². The van der Waals surface area contributed by atoms with Crippen LogP contribution in [-0.4, -0.2) is 42.2 Å². The van der Waals surface area contributed by atoms with Crippen molar-refractivity contribution in [2.45, 2.75) is 30.5 Å². The van der Waals surface area contributed by atoms with E-state index in [-0.39, 0.29) is 18.2 Å². The Morgan fingerprint density at radius 2 is 1.81 bits per heavy atom. The summed E-state index contributed by atoms with van der Waals surface area (Å²) < 4.78 is 55.3. The van der Waals surface area contributed by atoms with Crippen molar-refractivity contribution in [1.29, 1.82) is 0 Å². The average molecular weight is 337 g/mol. The Morgan fingerprint density at radius 1 is 1.14 bits per heavy atom. The molecular weight excluding hydrogens is 318 g/mol. The van der Waals surface area contributed by atoms with E-state index in [0.29, 0.717) is 18.3 Å². The summed E-state index contributed by atoms with van der Waals surface area (Å²) in [7, 11) is -7.09. The Labute approximate surface area is 124 Å². The monoisotopic (exact) mass is 337 g/mol. The molecule has 0 amide bonds. The highest BCUT2D eigenvalue weighted by Gasteiger charge is 2.22. The zero-order valence-corrected chi connectivity index (χ0v) is 13.3. The molecular formula is C11H19N3O5S2. The van der Waals surface area contributed by atoms with Crippen molar-refractivity contribution in [2.75, 3.05) is 19.3 Å². The van der Waals surface area contributed by atoms with E-state index in [1.807, 2.05) is 0 Å². The number of hydrogen-bond acceptors (Lipinski definition) is 6. The van der Waals surface area contributed by atoms with Gasteiger partial charge in [-0.25, -0.2) is 26.3 Å². The van der Waals surface area contributed by atoms with E-state index in [4.69, 9.17) is 4.42 Å². The van der Waals surface area contributed by atoms with Crippen LogP contribution in [0, 0.1) is 0 Å². The molecule has 1 fully saturated rings. The van der Waals surface area contributed by atoms with Crippen LogP contribution in [0.4, 0.5) is 0 Å². The van der Waals surface area contributed by atoms with E-state index in [0.717, 1.165) is 19.1 Å². The first-order valence-corrected chi connectivity index (χ1v) is 9.90. The molecule has 0 spiro atoms. The lowest BCUT2D eigenvalue weighted by molar-refractivity contribution is 0.399. The van der Waals surface area contributed by atoms with Crippen molar-refractivity contribution < 1.29 is 21.3 Å². The third-order valence-corrected chi connectivity index (χ3v) is 4.89. The third-order valence-electron chi connectivity index (χ3n) is 2.83. The van der Waals surface area contributed by atoms with Crippen molar-refractivity contribution in [2.24, 2.45) is 0 Å². The van der Waals surface area contributed by atoms with E-state index in [2.05, 4.69) is 14.8 Å². The van der Waals surface area contributed by atoms with Gasteiger partial charge in [0.2, 0.25) is 15.1 Å². The Balaban J connectivity index is 1.83. The van der Waals surface area contributed by atoms with Gasteiger partial charge in [0.25, 0.3) is 10.0 Å². The molecule has 2 rings (SSSR count).